The van der Waals surface area contributed by atoms with Gasteiger partial charge in [0.2, 0.25) is 0 Å². The van der Waals surface area contributed by atoms with Crippen LogP contribution in [-0.2, 0) is 14.3 Å². The zero-order valence-electron chi connectivity index (χ0n) is 8.32. The third-order valence-corrected chi connectivity index (χ3v) is 2.01. The number of rotatable bonds is 4. The number of carbonyl (C=O) groups is 2. The van der Waals surface area contributed by atoms with Gasteiger partial charge in [-0.25, -0.2) is 10.6 Å². The van der Waals surface area contributed by atoms with Gasteiger partial charge in [-0.05, 0) is 12.8 Å². The molecule has 1 unspecified atom stereocenters. The maximum absolute atomic E-state index is 11.4. The van der Waals surface area contributed by atoms with Crippen molar-refractivity contribution < 1.29 is 14.3 Å². The number of carbonyl (C=O) groups excluding carboxylic acids is 2. The number of nitrogens with zero attached hydrogens (tertiary/aromatic N) is 1. The predicted octanol–water partition coefficient (Wildman–Crippen LogP) is -1.39. The first kappa shape index (κ1) is 10.9. The summed E-state index contributed by atoms with van der Waals surface area (Å²) >= 11 is 0. The van der Waals surface area contributed by atoms with E-state index in [4.69, 9.17) is 5.84 Å². The van der Waals surface area contributed by atoms with E-state index in [-0.39, 0.29) is 6.04 Å². The van der Waals surface area contributed by atoms with Gasteiger partial charge >= 0.3 is 5.97 Å². The molecule has 14 heavy (non-hydrogen) atoms. The molecule has 0 radical (unpaired) electrons. The minimum absolute atomic E-state index is 0.239. The molecule has 80 valence electrons. The highest BCUT2D eigenvalue weighted by atomic mass is 16.5. The van der Waals surface area contributed by atoms with Crippen LogP contribution in [0.4, 0.5) is 0 Å². The molecule has 0 spiro atoms. The van der Waals surface area contributed by atoms with Gasteiger partial charge in [0.25, 0.3) is 5.91 Å². The Labute approximate surface area is 82.3 Å². The quantitative estimate of drug-likeness (QED) is 0.192. The SMILES string of the molecule is COC(=O)C(NC1CC1)C(=O)N(C)N. The van der Waals surface area contributed by atoms with E-state index in [2.05, 4.69) is 10.1 Å². The molecule has 1 aliphatic carbocycles. The van der Waals surface area contributed by atoms with Crippen LogP contribution in [-0.4, -0.2) is 43.1 Å². The first-order valence-electron chi connectivity index (χ1n) is 4.42. The van der Waals surface area contributed by atoms with E-state index in [0.29, 0.717) is 0 Å². The Morgan fingerprint density at radius 3 is 2.50 bits per heavy atom. The molecule has 0 aliphatic heterocycles. The summed E-state index contributed by atoms with van der Waals surface area (Å²) in [6.07, 6.45) is 1.96. The van der Waals surface area contributed by atoms with Crippen molar-refractivity contribution in [1.82, 2.24) is 10.3 Å². The number of hydrogen-bond acceptors (Lipinski definition) is 5. The van der Waals surface area contributed by atoms with Crippen LogP contribution >= 0.6 is 0 Å². The number of nitrogens with one attached hydrogen (secondary N) is 1. The lowest BCUT2D eigenvalue weighted by Crippen LogP contribution is -2.53. The van der Waals surface area contributed by atoms with Crippen LogP contribution in [0.2, 0.25) is 0 Å². The molecule has 1 aliphatic rings. The molecule has 0 aromatic heterocycles. The molecule has 6 heteroatoms. The topological polar surface area (TPSA) is 84.7 Å². The number of nitrogens with two attached hydrogens (primary N) is 1. The van der Waals surface area contributed by atoms with Crippen molar-refractivity contribution >= 4 is 11.9 Å². The van der Waals surface area contributed by atoms with E-state index in [1.807, 2.05) is 0 Å². The van der Waals surface area contributed by atoms with E-state index in [0.717, 1.165) is 17.9 Å². The highest BCUT2D eigenvalue weighted by Crippen LogP contribution is 2.19. The van der Waals surface area contributed by atoms with Crippen molar-refractivity contribution in [2.45, 2.75) is 24.9 Å². The van der Waals surface area contributed by atoms with Gasteiger partial charge in [0, 0.05) is 13.1 Å². The van der Waals surface area contributed by atoms with Crippen LogP contribution in [0.1, 0.15) is 12.8 Å². The minimum atomic E-state index is -0.970. The lowest BCUT2D eigenvalue weighted by molar-refractivity contribution is -0.150. The fraction of sp³-hybridized carbons (Fsp3) is 0.750. The highest BCUT2D eigenvalue weighted by molar-refractivity contribution is 6.01. The van der Waals surface area contributed by atoms with Crippen molar-refractivity contribution in [3.63, 3.8) is 0 Å². The summed E-state index contributed by atoms with van der Waals surface area (Å²) in [7, 11) is 2.64. The normalized spacial score (nSPS) is 17.4. The van der Waals surface area contributed by atoms with Crippen molar-refractivity contribution in [2.75, 3.05) is 14.2 Å². The zero-order chi connectivity index (χ0) is 10.7. The molecule has 3 N–H and O–H groups in total. The van der Waals surface area contributed by atoms with E-state index in [1.54, 1.807) is 0 Å². The second kappa shape index (κ2) is 4.39. The lowest BCUT2D eigenvalue weighted by atomic mass is 10.2. The van der Waals surface area contributed by atoms with Crippen molar-refractivity contribution in [3.8, 4) is 0 Å². The minimum Gasteiger partial charge on any atom is -0.467 e. The molecule has 1 amide bonds. The third kappa shape index (κ3) is 2.68. The standard InChI is InChI=1S/C8H15N3O3/c1-11(9)7(12)6(8(13)14-2)10-5-3-4-5/h5-6,10H,3-4,9H2,1-2H3. The molecule has 1 saturated carbocycles. The van der Waals surface area contributed by atoms with Gasteiger partial charge in [0.15, 0.2) is 6.04 Å². The van der Waals surface area contributed by atoms with Gasteiger partial charge in [-0.3, -0.25) is 15.1 Å². The first-order valence-corrected chi connectivity index (χ1v) is 4.42. The van der Waals surface area contributed by atoms with Crippen LogP contribution in [0.5, 0.6) is 0 Å². The molecule has 1 rings (SSSR count). The van der Waals surface area contributed by atoms with E-state index in [9.17, 15) is 9.59 Å². The Kier molecular flexibility index (Phi) is 3.43. The van der Waals surface area contributed by atoms with Gasteiger partial charge in [-0.1, -0.05) is 0 Å². The highest BCUT2D eigenvalue weighted by Gasteiger charge is 2.34. The Morgan fingerprint density at radius 1 is 1.57 bits per heavy atom. The van der Waals surface area contributed by atoms with Crippen LogP contribution in [0.15, 0.2) is 0 Å². The largest absolute Gasteiger partial charge is 0.467 e. The lowest BCUT2D eigenvalue weighted by Gasteiger charge is -2.18. The Hall–Kier alpha value is -1.14. The van der Waals surface area contributed by atoms with Crippen molar-refractivity contribution in [3.05, 3.63) is 0 Å². The van der Waals surface area contributed by atoms with E-state index >= 15 is 0 Å². The summed E-state index contributed by atoms with van der Waals surface area (Å²) in [6, 6.07) is -0.731. The van der Waals surface area contributed by atoms with E-state index < -0.39 is 17.9 Å². The van der Waals surface area contributed by atoms with Gasteiger partial charge in [0.1, 0.15) is 0 Å². The summed E-state index contributed by atoms with van der Waals surface area (Å²) in [5.74, 6) is 4.18. The summed E-state index contributed by atoms with van der Waals surface area (Å²) in [4.78, 5) is 22.7. The van der Waals surface area contributed by atoms with Crippen LogP contribution in [0, 0.1) is 0 Å². The molecular weight excluding hydrogens is 186 g/mol. The van der Waals surface area contributed by atoms with Gasteiger partial charge < -0.3 is 4.74 Å². The third-order valence-electron chi connectivity index (χ3n) is 2.01. The molecule has 0 saturated heterocycles. The molecule has 0 aromatic rings. The fourth-order valence-electron chi connectivity index (χ4n) is 1.05. The van der Waals surface area contributed by atoms with E-state index in [1.165, 1.54) is 14.2 Å². The summed E-state index contributed by atoms with van der Waals surface area (Å²) < 4.78 is 4.51. The maximum Gasteiger partial charge on any atom is 0.332 e. The smallest absolute Gasteiger partial charge is 0.332 e. The summed E-state index contributed by atoms with van der Waals surface area (Å²) in [6.45, 7) is 0. The van der Waals surface area contributed by atoms with Crippen molar-refractivity contribution in [2.24, 2.45) is 5.84 Å². The molecule has 0 heterocycles. The number of hydrazine groups is 1. The number of likely N-dealkylation sites (N-methyl/N-ethyl adjacent to an activating group) is 1. The predicted molar refractivity (Wildman–Crippen MR) is 48.9 cm³/mol. The summed E-state index contributed by atoms with van der Waals surface area (Å²) in [5, 5.41) is 3.76. The van der Waals surface area contributed by atoms with Gasteiger partial charge in [-0.15, -0.1) is 0 Å². The average Bonchev–Trinajstić information content (AvgIpc) is 2.95. The number of esters is 1. The Balaban J connectivity index is 2.59. The molecule has 0 aromatic carbocycles. The number of methoxy groups -OCH3 is 1. The Bertz CT molecular complexity index is 238. The Morgan fingerprint density at radius 2 is 2.14 bits per heavy atom. The first-order chi connectivity index (χ1) is 6.56. The number of amides is 1. The van der Waals surface area contributed by atoms with Crippen LogP contribution in [0.3, 0.4) is 0 Å². The molecule has 6 nitrogen and oxygen atoms in total. The number of hydrogen-bond donors (Lipinski definition) is 2. The average molecular weight is 201 g/mol. The monoisotopic (exact) mass is 201 g/mol. The second-order valence-electron chi connectivity index (χ2n) is 3.35. The zero-order valence-corrected chi connectivity index (χ0v) is 8.32. The molecule has 1 atom stereocenters. The maximum atomic E-state index is 11.4. The summed E-state index contributed by atoms with van der Waals surface area (Å²) in [5.41, 5.74) is 0. The molecular formula is C8H15N3O3. The molecule has 0 bridgehead atoms. The molecule has 1 fully saturated rings. The van der Waals surface area contributed by atoms with Crippen LogP contribution in [0.25, 0.3) is 0 Å². The second-order valence-corrected chi connectivity index (χ2v) is 3.35. The van der Waals surface area contributed by atoms with Crippen molar-refractivity contribution in [1.29, 1.82) is 0 Å². The van der Waals surface area contributed by atoms with Gasteiger partial charge in [0.05, 0.1) is 7.11 Å². The fourth-order valence-corrected chi connectivity index (χ4v) is 1.05. The van der Waals surface area contributed by atoms with Gasteiger partial charge in [-0.2, -0.15) is 0 Å². The van der Waals surface area contributed by atoms with Crippen LogP contribution < -0.4 is 11.2 Å². The number of ether oxygens (including phenoxy) is 1.